The molecule has 6 aromatic carbocycles. The van der Waals surface area contributed by atoms with Crippen LogP contribution in [0.5, 0.6) is 0 Å². The monoisotopic (exact) mass is 970 g/mol. The van der Waals surface area contributed by atoms with Crippen molar-refractivity contribution < 1.29 is 43.1 Å². The van der Waals surface area contributed by atoms with Crippen LogP contribution in [-0.4, -0.2) is 14.1 Å². The smallest absolute Gasteiger partial charge is 0.216 e. The maximum atomic E-state index is 6.54. The zero-order valence-corrected chi connectivity index (χ0v) is 38.3. The van der Waals surface area contributed by atoms with Crippen LogP contribution in [0.1, 0.15) is 35.1 Å². The Labute approximate surface area is 381 Å². The van der Waals surface area contributed by atoms with Gasteiger partial charge in [0.2, 0.25) is 11.0 Å². The lowest BCUT2D eigenvalue weighted by molar-refractivity contribution is -0.662. The van der Waals surface area contributed by atoms with Gasteiger partial charge in [-0.25, -0.2) is 0 Å². The van der Waals surface area contributed by atoms with E-state index in [0.29, 0.717) is 10.0 Å². The molecule has 2 aromatic heterocycles. The molecule has 294 valence electrons. The van der Waals surface area contributed by atoms with E-state index in [2.05, 4.69) is 125 Å². The van der Waals surface area contributed by atoms with Crippen molar-refractivity contribution in [3.63, 3.8) is 0 Å². The molecular formula is C48H40Br2Cl4N4. The van der Waals surface area contributed by atoms with Crippen LogP contribution >= 0.6 is 46.4 Å². The van der Waals surface area contributed by atoms with Gasteiger partial charge in [-0.15, -0.1) is 0 Å². The summed E-state index contributed by atoms with van der Waals surface area (Å²) in [5.41, 5.74) is 11.4. The zero-order chi connectivity index (χ0) is 38.9. The van der Waals surface area contributed by atoms with Crippen molar-refractivity contribution in [2.24, 2.45) is 0 Å². The van der Waals surface area contributed by atoms with Crippen LogP contribution in [0.2, 0.25) is 20.1 Å². The van der Waals surface area contributed by atoms with Gasteiger partial charge < -0.3 is 43.8 Å². The van der Waals surface area contributed by atoms with Gasteiger partial charge in [0.05, 0.1) is 22.1 Å². The number of nitrogens with zero attached hydrogens (tertiary/aromatic N) is 4. The summed E-state index contributed by atoms with van der Waals surface area (Å²) in [6.45, 7) is 3.71. The van der Waals surface area contributed by atoms with E-state index in [1.807, 2.05) is 72.8 Å². The second kappa shape index (κ2) is 18.8. The van der Waals surface area contributed by atoms with Gasteiger partial charge in [-0.1, -0.05) is 102 Å². The Morgan fingerprint density at radius 1 is 0.448 bits per heavy atom. The first-order valence-corrected chi connectivity index (χ1v) is 20.0. The highest BCUT2D eigenvalue weighted by Gasteiger charge is 2.20. The van der Waals surface area contributed by atoms with E-state index in [9.17, 15) is 0 Å². The maximum Gasteiger partial charge on any atom is 0.216 e. The van der Waals surface area contributed by atoms with Crippen molar-refractivity contribution in [2.75, 3.05) is 23.9 Å². The first-order valence-electron chi connectivity index (χ1n) is 18.5. The highest BCUT2D eigenvalue weighted by Crippen LogP contribution is 2.34. The Morgan fingerprint density at radius 3 is 1.16 bits per heavy atom. The minimum Gasteiger partial charge on any atom is -1.00 e. The van der Waals surface area contributed by atoms with E-state index >= 15 is 0 Å². The fourth-order valence-electron chi connectivity index (χ4n) is 7.46. The molecule has 10 heteroatoms. The first-order chi connectivity index (χ1) is 27.1. The number of anilines is 4. The van der Waals surface area contributed by atoms with Crippen molar-refractivity contribution in [3.05, 3.63) is 200 Å². The number of pyridine rings is 2. The van der Waals surface area contributed by atoms with E-state index < -0.39 is 0 Å². The molecule has 0 saturated carbocycles. The summed E-state index contributed by atoms with van der Waals surface area (Å²) in [4.78, 5) is 4.36. The lowest BCUT2D eigenvalue weighted by Gasteiger charge is -2.21. The van der Waals surface area contributed by atoms with Gasteiger partial charge in [0.25, 0.3) is 0 Å². The minimum atomic E-state index is 0. The second-order valence-electron chi connectivity index (χ2n) is 14.3. The van der Waals surface area contributed by atoms with Crippen LogP contribution in [0.15, 0.2) is 158 Å². The summed E-state index contributed by atoms with van der Waals surface area (Å²) in [5.74, 6) is 0.239. The summed E-state index contributed by atoms with van der Waals surface area (Å²) >= 11 is 25.4. The third-order valence-electron chi connectivity index (χ3n) is 10.7. The molecule has 0 aliphatic carbocycles. The molecule has 0 fully saturated rings. The predicted octanol–water partition coefficient (Wildman–Crippen LogP) is 6.97. The lowest BCUT2D eigenvalue weighted by atomic mass is 9.92. The topological polar surface area (TPSA) is 14.2 Å². The number of benzene rings is 6. The summed E-state index contributed by atoms with van der Waals surface area (Å²) in [6, 6.07) is 50.2. The van der Waals surface area contributed by atoms with E-state index in [-0.39, 0.29) is 39.9 Å². The van der Waals surface area contributed by atoms with Crippen LogP contribution in [-0.2, 0) is 13.1 Å². The Hall–Kier alpha value is -4.14. The normalized spacial score (nSPS) is 11.0. The van der Waals surface area contributed by atoms with Gasteiger partial charge >= 0.3 is 0 Å². The van der Waals surface area contributed by atoms with Crippen molar-refractivity contribution in [1.29, 1.82) is 0 Å². The Kier molecular flexibility index (Phi) is 14.1. The minimum absolute atomic E-state index is 0. The van der Waals surface area contributed by atoms with Crippen molar-refractivity contribution in [2.45, 2.75) is 25.9 Å². The van der Waals surface area contributed by atoms with Gasteiger partial charge in [0.1, 0.15) is 0 Å². The van der Waals surface area contributed by atoms with Gasteiger partial charge in [0.15, 0.2) is 25.5 Å². The average Bonchev–Trinajstić information content (AvgIpc) is 3.21. The second-order valence-corrected chi connectivity index (χ2v) is 16.0. The molecule has 0 N–H and O–H groups in total. The SMILES string of the molecule is CC(c1ccc(C[n+]2ccc(N(C)c3ccc(Cl)cc3)c3ccc(Cl)cc32)cc1)c1ccc(C[n+]2ccc(N(C)c3ccc(Cl)cc3)c3ccc(Cl)cc32)cc1.[Br-].[Br-]. The fraction of sp³-hybridized carbons (Fsp3) is 0.125. The number of rotatable bonds is 10. The molecule has 0 aliphatic rings. The molecular weight excluding hydrogens is 934 g/mol. The molecule has 8 aromatic rings. The molecule has 8 rings (SSSR count). The largest absolute Gasteiger partial charge is 1.00 e. The molecule has 0 amide bonds. The molecule has 0 atom stereocenters. The Morgan fingerprint density at radius 2 is 0.793 bits per heavy atom. The quantitative estimate of drug-likeness (QED) is 0.138. The molecule has 2 heterocycles. The molecule has 0 unspecified atom stereocenters. The first kappa shape index (κ1) is 43.4. The summed E-state index contributed by atoms with van der Waals surface area (Å²) < 4.78 is 4.52. The molecule has 0 saturated heterocycles. The molecule has 0 radical (unpaired) electrons. The summed E-state index contributed by atoms with van der Waals surface area (Å²) in [6.07, 6.45) is 4.28. The van der Waals surface area contributed by atoms with Crippen LogP contribution in [0.4, 0.5) is 22.7 Å². The molecule has 0 aliphatic heterocycles. The fourth-order valence-corrected chi connectivity index (χ4v) is 8.04. The highest BCUT2D eigenvalue weighted by molar-refractivity contribution is 6.32. The zero-order valence-electron chi connectivity index (χ0n) is 32.1. The molecule has 0 bridgehead atoms. The van der Waals surface area contributed by atoms with E-state index in [4.69, 9.17) is 46.4 Å². The predicted molar refractivity (Wildman–Crippen MR) is 236 cm³/mol. The average molecular weight is 974 g/mol. The Balaban J connectivity index is 0.00000283. The number of hydrogen-bond donors (Lipinski definition) is 0. The number of halogens is 6. The number of fused-ring (bicyclic) bond motifs is 2. The highest BCUT2D eigenvalue weighted by atomic mass is 79.9. The molecule has 4 nitrogen and oxygen atoms in total. The number of hydrogen-bond acceptors (Lipinski definition) is 2. The van der Waals surface area contributed by atoms with Gasteiger partial charge in [0, 0.05) is 86.9 Å². The van der Waals surface area contributed by atoms with Gasteiger partial charge in [-0.2, -0.15) is 9.13 Å². The van der Waals surface area contributed by atoms with Crippen LogP contribution < -0.4 is 52.9 Å². The van der Waals surface area contributed by atoms with Crippen LogP contribution in [0.3, 0.4) is 0 Å². The summed E-state index contributed by atoms with van der Waals surface area (Å²) in [5, 5.41) is 5.10. The van der Waals surface area contributed by atoms with Crippen molar-refractivity contribution >= 4 is 91.0 Å². The van der Waals surface area contributed by atoms with Crippen molar-refractivity contribution in [3.8, 4) is 0 Å². The maximum absolute atomic E-state index is 6.54. The standard InChI is InChI=1S/C48H40Cl4N4.2BrH/c1-32(35-8-4-33(5-9-35)30-55-26-24-45(43-22-16-39(51)28-47(43)55)53(2)41-18-12-37(49)13-19-41)36-10-6-34(7-11-36)31-56-27-25-46(44-23-17-40(52)29-48(44)56)54(3)42-20-14-38(50)15-21-42;;/h4-29,32H,30-31H2,1-3H3;2*1H/q+2;;/p-2. The third kappa shape index (κ3) is 9.34. The third-order valence-corrected chi connectivity index (χ3v) is 11.7. The van der Waals surface area contributed by atoms with Gasteiger partial charge in [-0.3, -0.25) is 0 Å². The number of aromatic nitrogens is 2. The van der Waals surface area contributed by atoms with E-state index in [1.54, 1.807) is 0 Å². The van der Waals surface area contributed by atoms with Crippen molar-refractivity contribution in [1.82, 2.24) is 0 Å². The van der Waals surface area contributed by atoms with E-state index in [0.717, 1.165) is 67.7 Å². The van der Waals surface area contributed by atoms with Crippen LogP contribution in [0, 0.1) is 0 Å². The Bertz CT molecular complexity index is 2490. The molecule has 58 heavy (non-hydrogen) atoms. The summed E-state index contributed by atoms with van der Waals surface area (Å²) in [7, 11) is 4.15. The lowest BCUT2D eigenvalue weighted by Crippen LogP contribution is -3.00. The van der Waals surface area contributed by atoms with E-state index in [1.165, 1.54) is 22.3 Å². The molecule has 0 spiro atoms. The van der Waals surface area contributed by atoms with Crippen LogP contribution in [0.25, 0.3) is 21.8 Å². The van der Waals surface area contributed by atoms with Gasteiger partial charge in [-0.05, 0) is 83.9 Å².